The second-order valence-corrected chi connectivity index (χ2v) is 5.17. The standard InChI is InChI=1S/C11H18N4O2S/c1-3-12-11-14-13-9(18-11)10(16)15-6-4-5-8(7-15)17-2/h8H,3-7H2,1-2H3,(H,12,14). The Bertz CT molecular complexity index is 410. The third-order valence-corrected chi connectivity index (χ3v) is 3.80. The van der Waals surface area contributed by atoms with Crippen LogP contribution in [0, 0.1) is 0 Å². The highest BCUT2D eigenvalue weighted by atomic mass is 32.1. The van der Waals surface area contributed by atoms with Crippen molar-refractivity contribution in [2.45, 2.75) is 25.9 Å². The summed E-state index contributed by atoms with van der Waals surface area (Å²) in [7, 11) is 1.69. The number of nitrogens with one attached hydrogen (secondary N) is 1. The van der Waals surface area contributed by atoms with E-state index in [1.165, 1.54) is 11.3 Å². The highest BCUT2D eigenvalue weighted by molar-refractivity contribution is 7.17. The van der Waals surface area contributed by atoms with Crippen LogP contribution in [0.3, 0.4) is 0 Å². The van der Waals surface area contributed by atoms with Gasteiger partial charge in [-0.1, -0.05) is 11.3 Å². The SMILES string of the molecule is CCNc1nnc(C(=O)N2CCCC(OC)C2)s1. The topological polar surface area (TPSA) is 67.4 Å². The lowest BCUT2D eigenvalue weighted by Gasteiger charge is -2.31. The van der Waals surface area contributed by atoms with Crippen LogP contribution < -0.4 is 5.32 Å². The van der Waals surface area contributed by atoms with Crippen LogP contribution in [0.25, 0.3) is 0 Å². The van der Waals surface area contributed by atoms with Gasteiger partial charge in [-0.3, -0.25) is 4.79 Å². The zero-order chi connectivity index (χ0) is 13.0. The highest BCUT2D eigenvalue weighted by Crippen LogP contribution is 2.20. The van der Waals surface area contributed by atoms with Gasteiger partial charge in [0.2, 0.25) is 10.1 Å². The van der Waals surface area contributed by atoms with E-state index in [2.05, 4.69) is 15.5 Å². The molecule has 1 unspecified atom stereocenters. The molecule has 1 aliphatic rings. The normalized spacial score (nSPS) is 19.9. The Hall–Kier alpha value is -1.21. The summed E-state index contributed by atoms with van der Waals surface area (Å²) in [4.78, 5) is 14.0. The van der Waals surface area contributed by atoms with Crippen LogP contribution in [0.2, 0.25) is 0 Å². The summed E-state index contributed by atoms with van der Waals surface area (Å²) in [5.74, 6) is -0.0431. The van der Waals surface area contributed by atoms with Gasteiger partial charge < -0.3 is 15.0 Å². The van der Waals surface area contributed by atoms with Gasteiger partial charge >= 0.3 is 0 Å². The van der Waals surface area contributed by atoms with Crippen molar-refractivity contribution in [3.05, 3.63) is 5.01 Å². The van der Waals surface area contributed by atoms with Crippen LogP contribution >= 0.6 is 11.3 Å². The maximum atomic E-state index is 12.2. The highest BCUT2D eigenvalue weighted by Gasteiger charge is 2.26. The van der Waals surface area contributed by atoms with Gasteiger partial charge in [0.1, 0.15) is 0 Å². The molecule has 1 fully saturated rings. The molecule has 1 aliphatic heterocycles. The summed E-state index contributed by atoms with van der Waals surface area (Å²) in [5.41, 5.74) is 0. The number of methoxy groups -OCH3 is 1. The molecule has 100 valence electrons. The molecule has 2 rings (SSSR count). The first-order chi connectivity index (χ1) is 8.74. The number of likely N-dealkylation sites (tertiary alicyclic amines) is 1. The number of carbonyl (C=O) groups excluding carboxylic acids is 1. The average Bonchev–Trinajstić information content (AvgIpc) is 2.87. The van der Waals surface area contributed by atoms with E-state index >= 15 is 0 Å². The van der Waals surface area contributed by atoms with E-state index in [0.717, 1.165) is 25.9 Å². The smallest absolute Gasteiger partial charge is 0.284 e. The van der Waals surface area contributed by atoms with E-state index in [-0.39, 0.29) is 12.0 Å². The van der Waals surface area contributed by atoms with Gasteiger partial charge in [0.15, 0.2) is 0 Å². The van der Waals surface area contributed by atoms with E-state index in [9.17, 15) is 4.79 Å². The first-order valence-electron chi connectivity index (χ1n) is 6.14. The molecule has 0 radical (unpaired) electrons. The van der Waals surface area contributed by atoms with E-state index in [4.69, 9.17) is 4.74 Å². The molecule has 18 heavy (non-hydrogen) atoms. The number of ether oxygens (including phenoxy) is 1. The molecule has 0 aliphatic carbocycles. The summed E-state index contributed by atoms with van der Waals surface area (Å²) in [6.45, 7) is 4.18. The lowest BCUT2D eigenvalue weighted by molar-refractivity contribution is 0.0268. The lowest BCUT2D eigenvalue weighted by atomic mass is 10.1. The van der Waals surface area contributed by atoms with Gasteiger partial charge in [-0.05, 0) is 19.8 Å². The number of carbonyl (C=O) groups is 1. The predicted octanol–water partition coefficient (Wildman–Crippen LogP) is 1.22. The van der Waals surface area contributed by atoms with Crippen molar-refractivity contribution in [2.24, 2.45) is 0 Å². The third-order valence-electron chi connectivity index (χ3n) is 2.93. The first kappa shape index (κ1) is 13.2. The number of nitrogens with zero attached hydrogens (tertiary/aromatic N) is 3. The van der Waals surface area contributed by atoms with Gasteiger partial charge in [-0.25, -0.2) is 0 Å². The molecule has 0 spiro atoms. The third kappa shape index (κ3) is 2.97. The Morgan fingerprint density at radius 1 is 1.61 bits per heavy atom. The van der Waals surface area contributed by atoms with Crippen LogP contribution in [-0.4, -0.2) is 53.9 Å². The number of piperidine rings is 1. The first-order valence-corrected chi connectivity index (χ1v) is 6.95. The molecule has 1 aromatic rings. The Morgan fingerprint density at radius 3 is 3.17 bits per heavy atom. The van der Waals surface area contributed by atoms with Gasteiger partial charge in [-0.15, -0.1) is 10.2 Å². The minimum atomic E-state index is -0.0431. The van der Waals surface area contributed by atoms with E-state index < -0.39 is 0 Å². The summed E-state index contributed by atoms with van der Waals surface area (Å²) >= 11 is 1.30. The van der Waals surface area contributed by atoms with Gasteiger partial charge in [-0.2, -0.15) is 0 Å². The molecule has 0 saturated carbocycles. The lowest BCUT2D eigenvalue weighted by Crippen LogP contribution is -2.42. The second kappa shape index (κ2) is 6.10. The number of amides is 1. The summed E-state index contributed by atoms with van der Waals surface area (Å²) < 4.78 is 5.31. The van der Waals surface area contributed by atoms with E-state index in [0.29, 0.717) is 16.7 Å². The maximum absolute atomic E-state index is 12.2. The minimum Gasteiger partial charge on any atom is -0.380 e. The quantitative estimate of drug-likeness (QED) is 0.891. The van der Waals surface area contributed by atoms with Crippen molar-refractivity contribution < 1.29 is 9.53 Å². The molecule has 6 nitrogen and oxygen atoms in total. The van der Waals surface area contributed by atoms with Crippen LogP contribution in [0.4, 0.5) is 5.13 Å². The molecular weight excluding hydrogens is 252 g/mol. The maximum Gasteiger partial charge on any atom is 0.284 e. The Kier molecular flexibility index (Phi) is 4.48. The number of anilines is 1. The van der Waals surface area contributed by atoms with Gasteiger partial charge in [0.25, 0.3) is 5.91 Å². The van der Waals surface area contributed by atoms with Crippen molar-refractivity contribution in [3.63, 3.8) is 0 Å². The van der Waals surface area contributed by atoms with Crippen LogP contribution in [0.15, 0.2) is 0 Å². The molecular formula is C11H18N4O2S. The Labute approximate surface area is 110 Å². The molecule has 0 bridgehead atoms. The van der Waals surface area contributed by atoms with Crippen molar-refractivity contribution in [2.75, 3.05) is 32.1 Å². The van der Waals surface area contributed by atoms with Crippen molar-refractivity contribution in [3.8, 4) is 0 Å². The number of aromatic nitrogens is 2. The molecule has 7 heteroatoms. The zero-order valence-electron chi connectivity index (χ0n) is 10.7. The van der Waals surface area contributed by atoms with E-state index in [1.807, 2.05) is 6.92 Å². The number of rotatable bonds is 4. The van der Waals surface area contributed by atoms with Crippen molar-refractivity contribution in [1.82, 2.24) is 15.1 Å². The number of hydrogen-bond donors (Lipinski definition) is 1. The van der Waals surface area contributed by atoms with Gasteiger partial charge in [0.05, 0.1) is 6.10 Å². The molecule has 1 N–H and O–H groups in total. The van der Waals surface area contributed by atoms with E-state index in [1.54, 1.807) is 12.0 Å². The van der Waals surface area contributed by atoms with Gasteiger partial charge in [0, 0.05) is 26.7 Å². The van der Waals surface area contributed by atoms with Crippen LogP contribution in [0.5, 0.6) is 0 Å². The molecule has 2 heterocycles. The van der Waals surface area contributed by atoms with Crippen molar-refractivity contribution >= 4 is 22.4 Å². The van der Waals surface area contributed by atoms with Crippen molar-refractivity contribution in [1.29, 1.82) is 0 Å². The fourth-order valence-electron chi connectivity index (χ4n) is 1.98. The Morgan fingerprint density at radius 2 is 2.44 bits per heavy atom. The fraction of sp³-hybridized carbons (Fsp3) is 0.727. The van der Waals surface area contributed by atoms with Crippen LogP contribution in [0.1, 0.15) is 29.6 Å². The predicted molar refractivity (Wildman–Crippen MR) is 70.0 cm³/mol. The second-order valence-electron chi connectivity index (χ2n) is 4.19. The summed E-state index contributed by atoms with van der Waals surface area (Å²) in [6.07, 6.45) is 2.13. The largest absolute Gasteiger partial charge is 0.380 e. The molecule has 0 aromatic carbocycles. The Balaban J connectivity index is 2.00. The summed E-state index contributed by atoms with van der Waals surface area (Å²) in [6, 6.07) is 0. The molecule has 1 saturated heterocycles. The number of hydrogen-bond acceptors (Lipinski definition) is 6. The summed E-state index contributed by atoms with van der Waals surface area (Å²) in [5, 5.41) is 12.1. The average molecular weight is 270 g/mol. The monoisotopic (exact) mass is 270 g/mol. The molecule has 1 atom stereocenters. The van der Waals surface area contributed by atoms with Crippen LogP contribution in [-0.2, 0) is 4.74 Å². The molecule has 1 amide bonds. The minimum absolute atomic E-state index is 0.0431. The molecule has 1 aromatic heterocycles. The fourth-order valence-corrected chi connectivity index (χ4v) is 2.76. The zero-order valence-corrected chi connectivity index (χ0v) is 11.5.